The van der Waals surface area contributed by atoms with Crippen molar-refractivity contribution in [2.45, 2.75) is 26.8 Å². The predicted molar refractivity (Wildman–Crippen MR) is 96.5 cm³/mol. The molecule has 0 saturated heterocycles. The van der Waals surface area contributed by atoms with Gasteiger partial charge in [-0.05, 0) is 30.5 Å². The van der Waals surface area contributed by atoms with Crippen LogP contribution in [0.3, 0.4) is 0 Å². The Morgan fingerprint density at radius 2 is 2.00 bits per heavy atom. The van der Waals surface area contributed by atoms with E-state index < -0.39 is 11.6 Å². The van der Waals surface area contributed by atoms with Crippen molar-refractivity contribution in [3.8, 4) is 11.5 Å². The number of benzene rings is 1. The quantitative estimate of drug-likeness (QED) is 0.710. The van der Waals surface area contributed by atoms with E-state index in [4.69, 9.17) is 4.42 Å². The van der Waals surface area contributed by atoms with Crippen LogP contribution < -0.4 is 11.0 Å². The van der Waals surface area contributed by atoms with Crippen molar-refractivity contribution in [3.05, 3.63) is 70.2 Å². The normalized spacial score (nSPS) is 10.9. The number of carbonyl (C=O) groups is 1. The van der Waals surface area contributed by atoms with Gasteiger partial charge in [-0.25, -0.2) is 9.78 Å². The van der Waals surface area contributed by atoms with Crippen molar-refractivity contribution in [1.29, 1.82) is 0 Å². The minimum absolute atomic E-state index is 0.0937. The molecule has 0 radical (unpaired) electrons. The molecule has 1 amide bonds. The third-order valence-electron chi connectivity index (χ3n) is 3.66. The molecule has 26 heavy (non-hydrogen) atoms. The van der Waals surface area contributed by atoms with Gasteiger partial charge in [-0.15, -0.1) is 0 Å². The van der Waals surface area contributed by atoms with Crippen LogP contribution in [0.1, 0.15) is 35.7 Å². The first-order chi connectivity index (χ1) is 12.5. The Labute approximate surface area is 150 Å². The Morgan fingerprint density at radius 3 is 2.73 bits per heavy atom. The molecule has 0 aliphatic carbocycles. The van der Waals surface area contributed by atoms with Gasteiger partial charge < -0.3 is 14.7 Å². The number of amides is 1. The molecule has 3 aromatic rings. The molecule has 1 aromatic carbocycles. The number of rotatable bonds is 6. The maximum Gasteiger partial charge on any atom is 0.345 e. The van der Waals surface area contributed by atoms with Crippen molar-refractivity contribution < 1.29 is 9.21 Å². The zero-order valence-corrected chi connectivity index (χ0v) is 14.7. The monoisotopic (exact) mass is 352 g/mol. The number of hydrogen-bond donors (Lipinski definition) is 2. The highest BCUT2D eigenvalue weighted by Gasteiger charge is 2.12. The number of aromatic nitrogens is 3. The lowest BCUT2D eigenvalue weighted by atomic mass is 10.1. The van der Waals surface area contributed by atoms with E-state index in [0.29, 0.717) is 29.6 Å². The van der Waals surface area contributed by atoms with E-state index in [9.17, 15) is 9.59 Å². The molecule has 0 saturated carbocycles. The van der Waals surface area contributed by atoms with Crippen LogP contribution in [0.2, 0.25) is 0 Å². The molecule has 2 aromatic heterocycles. The van der Waals surface area contributed by atoms with Gasteiger partial charge in [0.15, 0.2) is 0 Å². The highest BCUT2D eigenvalue weighted by molar-refractivity contribution is 5.92. The molecule has 2 heterocycles. The largest absolute Gasteiger partial charge is 0.444 e. The van der Waals surface area contributed by atoms with Gasteiger partial charge in [0.05, 0.1) is 12.2 Å². The maximum absolute atomic E-state index is 12.3. The van der Waals surface area contributed by atoms with Gasteiger partial charge in [0, 0.05) is 11.3 Å². The Bertz CT molecular complexity index is 945. The Balaban J connectivity index is 1.67. The molecule has 0 spiro atoms. The zero-order chi connectivity index (χ0) is 18.5. The summed E-state index contributed by atoms with van der Waals surface area (Å²) in [5, 5.41) is 2.71. The second-order valence-electron chi connectivity index (χ2n) is 6.39. The lowest BCUT2D eigenvalue weighted by Crippen LogP contribution is -2.27. The van der Waals surface area contributed by atoms with E-state index in [1.807, 2.05) is 44.2 Å². The molecule has 7 heteroatoms. The number of H-pyrrole nitrogens is 1. The third-order valence-corrected chi connectivity index (χ3v) is 3.66. The summed E-state index contributed by atoms with van der Waals surface area (Å²) in [6.07, 6.45) is 2.17. The van der Waals surface area contributed by atoms with Crippen molar-refractivity contribution in [3.63, 3.8) is 0 Å². The van der Waals surface area contributed by atoms with E-state index in [2.05, 4.69) is 20.3 Å². The first kappa shape index (κ1) is 17.6. The third kappa shape index (κ3) is 4.44. The Morgan fingerprint density at radius 1 is 1.23 bits per heavy atom. The molecule has 134 valence electrons. The fourth-order valence-electron chi connectivity index (χ4n) is 2.54. The SMILES string of the molecule is CC(C)Cc1cc(C(=O)NCc2coc(-c3ccccc3)n2)nc(=O)[nH]1. The van der Waals surface area contributed by atoms with Crippen molar-refractivity contribution in [2.75, 3.05) is 0 Å². The molecule has 0 atom stereocenters. The van der Waals surface area contributed by atoms with E-state index in [0.717, 1.165) is 5.56 Å². The lowest BCUT2D eigenvalue weighted by Gasteiger charge is -2.06. The van der Waals surface area contributed by atoms with Crippen LogP contribution in [0.5, 0.6) is 0 Å². The molecular formula is C19H20N4O3. The Hall–Kier alpha value is -3.22. The van der Waals surface area contributed by atoms with Gasteiger partial charge >= 0.3 is 5.69 Å². The lowest BCUT2D eigenvalue weighted by molar-refractivity contribution is 0.0944. The molecule has 0 aliphatic heterocycles. The van der Waals surface area contributed by atoms with E-state index in [1.54, 1.807) is 6.07 Å². The number of aromatic amines is 1. The minimum Gasteiger partial charge on any atom is -0.444 e. The van der Waals surface area contributed by atoms with E-state index in [-0.39, 0.29) is 12.2 Å². The van der Waals surface area contributed by atoms with Crippen molar-refractivity contribution in [1.82, 2.24) is 20.3 Å². The summed E-state index contributed by atoms with van der Waals surface area (Å²) in [4.78, 5) is 34.7. The first-order valence-corrected chi connectivity index (χ1v) is 8.39. The average molecular weight is 352 g/mol. The van der Waals surface area contributed by atoms with E-state index in [1.165, 1.54) is 6.26 Å². The molecule has 3 rings (SSSR count). The first-order valence-electron chi connectivity index (χ1n) is 8.39. The smallest absolute Gasteiger partial charge is 0.345 e. The van der Waals surface area contributed by atoms with Crippen LogP contribution in [0.15, 0.2) is 51.9 Å². The minimum atomic E-state index is -0.527. The summed E-state index contributed by atoms with van der Waals surface area (Å²) >= 11 is 0. The molecule has 0 bridgehead atoms. The van der Waals surface area contributed by atoms with Gasteiger partial charge in [-0.2, -0.15) is 4.98 Å². The maximum atomic E-state index is 12.3. The standard InChI is InChI=1S/C19H20N4O3/c1-12(2)8-14-9-16(23-19(25)22-14)17(24)20-10-15-11-26-18(21-15)13-6-4-3-5-7-13/h3-7,9,11-12H,8,10H2,1-2H3,(H,20,24)(H,22,23,25). The van der Waals surface area contributed by atoms with Crippen LogP contribution in [0.4, 0.5) is 0 Å². The second kappa shape index (κ2) is 7.77. The van der Waals surface area contributed by atoms with Gasteiger partial charge in [0.2, 0.25) is 5.89 Å². The number of oxazole rings is 1. The Kier molecular flexibility index (Phi) is 5.26. The predicted octanol–water partition coefficient (Wildman–Crippen LogP) is 2.55. The van der Waals surface area contributed by atoms with Crippen molar-refractivity contribution >= 4 is 5.91 Å². The fraction of sp³-hybridized carbons (Fsp3) is 0.263. The van der Waals surface area contributed by atoms with E-state index >= 15 is 0 Å². The topological polar surface area (TPSA) is 101 Å². The second-order valence-corrected chi connectivity index (χ2v) is 6.39. The number of carbonyl (C=O) groups excluding carboxylic acids is 1. The molecular weight excluding hydrogens is 332 g/mol. The summed E-state index contributed by atoms with van der Waals surface area (Å²) in [6, 6.07) is 11.1. The highest BCUT2D eigenvalue weighted by Crippen LogP contribution is 2.17. The van der Waals surface area contributed by atoms with Crippen LogP contribution in [0.25, 0.3) is 11.5 Å². The van der Waals surface area contributed by atoms with Gasteiger partial charge in [0.25, 0.3) is 5.91 Å². The summed E-state index contributed by atoms with van der Waals surface area (Å²) in [6.45, 7) is 4.25. The molecule has 0 unspecified atom stereocenters. The highest BCUT2D eigenvalue weighted by atomic mass is 16.3. The summed E-state index contributed by atoms with van der Waals surface area (Å²) in [5.74, 6) is 0.421. The number of nitrogens with zero attached hydrogens (tertiary/aromatic N) is 2. The van der Waals surface area contributed by atoms with Crippen LogP contribution in [-0.2, 0) is 13.0 Å². The zero-order valence-electron chi connectivity index (χ0n) is 14.7. The van der Waals surface area contributed by atoms with Gasteiger partial charge in [0.1, 0.15) is 12.0 Å². The fourth-order valence-corrected chi connectivity index (χ4v) is 2.54. The average Bonchev–Trinajstić information content (AvgIpc) is 3.08. The van der Waals surface area contributed by atoms with Gasteiger partial charge in [-0.3, -0.25) is 4.79 Å². The van der Waals surface area contributed by atoms with Crippen molar-refractivity contribution in [2.24, 2.45) is 5.92 Å². The number of hydrogen-bond acceptors (Lipinski definition) is 5. The molecule has 0 fully saturated rings. The number of nitrogens with one attached hydrogen (secondary N) is 2. The molecule has 0 aliphatic rings. The van der Waals surface area contributed by atoms with Crippen LogP contribution in [-0.4, -0.2) is 20.9 Å². The van der Waals surface area contributed by atoms with Crippen LogP contribution in [0, 0.1) is 5.92 Å². The van der Waals surface area contributed by atoms with Crippen LogP contribution >= 0.6 is 0 Å². The molecule has 2 N–H and O–H groups in total. The summed E-state index contributed by atoms with van der Waals surface area (Å²) in [7, 11) is 0. The summed E-state index contributed by atoms with van der Waals surface area (Å²) in [5.41, 5.74) is 1.71. The van der Waals surface area contributed by atoms with Gasteiger partial charge in [-0.1, -0.05) is 32.0 Å². The molecule has 7 nitrogen and oxygen atoms in total. The summed E-state index contributed by atoms with van der Waals surface area (Å²) < 4.78 is 5.44.